The zero-order chi connectivity index (χ0) is 12.1. The fourth-order valence-corrected chi connectivity index (χ4v) is 2.70. The molecule has 0 saturated heterocycles. The van der Waals surface area contributed by atoms with Gasteiger partial charge in [0.2, 0.25) is 0 Å². The van der Waals surface area contributed by atoms with E-state index in [2.05, 4.69) is 23.0 Å². The number of rotatable bonds is 4. The molecule has 2 N–H and O–H groups in total. The third kappa shape index (κ3) is 3.79. The lowest BCUT2D eigenvalue weighted by atomic mass is 9.85. The van der Waals surface area contributed by atoms with Crippen molar-refractivity contribution in [2.45, 2.75) is 38.3 Å². The summed E-state index contributed by atoms with van der Waals surface area (Å²) in [5.41, 5.74) is 7.32. The van der Waals surface area contributed by atoms with Crippen molar-refractivity contribution < 1.29 is 0 Å². The quantitative estimate of drug-likeness (QED) is 0.865. The standard InChI is InChI=1S/C14H23N3/c1-17(11-13-7-4-5-9-16-13)10-12-6-2-3-8-14(12)15/h4-5,7,9,12,14H,2-3,6,8,10-11,15H2,1H3. The molecule has 1 saturated carbocycles. The average Bonchev–Trinajstić information content (AvgIpc) is 2.33. The van der Waals surface area contributed by atoms with Gasteiger partial charge in [-0.15, -0.1) is 0 Å². The van der Waals surface area contributed by atoms with Gasteiger partial charge < -0.3 is 10.6 Å². The van der Waals surface area contributed by atoms with Crippen molar-refractivity contribution in [1.82, 2.24) is 9.88 Å². The molecule has 0 aliphatic heterocycles. The van der Waals surface area contributed by atoms with Crippen molar-refractivity contribution >= 4 is 0 Å². The van der Waals surface area contributed by atoms with E-state index < -0.39 is 0 Å². The fourth-order valence-electron chi connectivity index (χ4n) is 2.70. The van der Waals surface area contributed by atoms with Crippen LogP contribution in [0.4, 0.5) is 0 Å². The van der Waals surface area contributed by atoms with E-state index in [-0.39, 0.29) is 0 Å². The van der Waals surface area contributed by atoms with Crippen molar-refractivity contribution in [3.63, 3.8) is 0 Å². The zero-order valence-corrected chi connectivity index (χ0v) is 10.7. The molecular weight excluding hydrogens is 210 g/mol. The number of hydrogen-bond donors (Lipinski definition) is 1. The minimum Gasteiger partial charge on any atom is -0.327 e. The van der Waals surface area contributed by atoms with Gasteiger partial charge in [0.1, 0.15) is 0 Å². The van der Waals surface area contributed by atoms with Crippen molar-refractivity contribution in [3.05, 3.63) is 30.1 Å². The van der Waals surface area contributed by atoms with Gasteiger partial charge in [0.25, 0.3) is 0 Å². The Hall–Kier alpha value is -0.930. The third-order valence-corrected chi connectivity index (χ3v) is 3.67. The number of hydrogen-bond acceptors (Lipinski definition) is 3. The summed E-state index contributed by atoms with van der Waals surface area (Å²) in [6, 6.07) is 6.48. The minimum absolute atomic E-state index is 0.398. The summed E-state index contributed by atoms with van der Waals surface area (Å²) in [6.07, 6.45) is 6.99. The molecule has 2 atom stereocenters. The molecule has 2 unspecified atom stereocenters. The van der Waals surface area contributed by atoms with E-state index in [0.29, 0.717) is 12.0 Å². The van der Waals surface area contributed by atoms with E-state index >= 15 is 0 Å². The van der Waals surface area contributed by atoms with Crippen molar-refractivity contribution in [1.29, 1.82) is 0 Å². The van der Waals surface area contributed by atoms with Crippen LogP contribution in [0.3, 0.4) is 0 Å². The predicted octanol–water partition coefficient (Wildman–Crippen LogP) is 2.03. The van der Waals surface area contributed by atoms with Crippen LogP contribution in [-0.4, -0.2) is 29.5 Å². The van der Waals surface area contributed by atoms with Crippen molar-refractivity contribution in [2.75, 3.05) is 13.6 Å². The van der Waals surface area contributed by atoms with Crippen LogP contribution in [0.15, 0.2) is 24.4 Å². The molecule has 3 nitrogen and oxygen atoms in total. The Labute approximate surface area is 104 Å². The average molecular weight is 233 g/mol. The lowest BCUT2D eigenvalue weighted by Gasteiger charge is -2.31. The second-order valence-electron chi connectivity index (χ2n) is 5.23. The molecule has 1 aliphatic carbocycles. The van der Waals surface area contributed by atoms with Gasteiger partial charge in [-0.1, -0.05) is 18.9 Å². The summed E-state index contributed by atoms with van der Waals surface area (Å²) in [4.78, 5) is 6.70. The summed E-state index contributed by atoms with van der Waals surface area (Å²) in [5.74, 6) is 0.664. The number of aromatic nitrogens is 1. The Kier molecular flexibility index (Phi) is 4.51. The number of nitrogens with two attached hydrogens (primary N) is 1. The highest BCUT2D eigenvalue weighted by molar-refractivity contribution is 5.03. The van der Waals surface area contributed by atoms with Gasteiger partial charge in [0, 0.05) is 25.3 Å². The summed E-state index contributed by atoms with van der Waals surface area (Å²) >= 11 is 0. The molecule has 17 heavy (non-hydrogen) atoms. The minimum atomic E-state index is 0.398. The topological polar surface area (TPSA) is 42.2 Å². The second kappa shape index (κ2) is 6.12. The van der Waals surface area contributed by atoms with E-state index in [4.69, 9.17) is 5.73 Å². The lowest BCUT2D eigenvalue weighted by molar-refractivity contribution is 0.205. The summed E-state index contributed by atoms with van der Waals surface area (Å²) in [5, 5.41) is 0. The van der Waals surface area contributed by atoms with Crippen molar-refractivity contribution in [3.8, 4) is 0 Å². The first-order chi connectivity index (χ1) is 8.25. The first-order valence-corrected chi connectivity index (χ1v) is 6.60. The van der Waals surface area contributed by atoms with Gasteiger partial charge in [-0.05, 0) is 37.9 Å². The van der Waals surface area contributed by atoms with E-state index in [0.717, 1.165) is 18.8 Å². The second-order valence-corrected chi connectivity index (χ2v) is 5.23. The smallest absolute Gasteiger partial charge is 0.0543 e. The van der Waals surface area contributed by atoms with E-state index in [9.17, 15) is 0 Å². The lowest BCUT2D eigenvalue weighted by Crippen LogP contribution is -2.39. The maximum atomic E-state index is 6.18. The zero-order valence-electron chi connectivity index (χ0n) is 10.7. The van der Waals surface area contributed by atoms with Gasteiger partial charge >= 0.3 is 0 Å². The molecular formula is C14H23N3. The highest BCUT2D eigenvalue weighted by Gasteiger charge is 2.22. The first kappa shape index (κ1) is 12.5. The molecule has 0 radical (unpaired) electrons. The van der Waals surface area contributed by atoms with E-state index in [1.807, 2.05) is 18.3 Å². The molecule has 1 aliphatic rings. The Bertz CT molecular complexity index is 325. The fraction of sp³-hybridized carbons (Fsp3) is 0.643. The largest absolute Gasteiger partial charge is 0.327 e. The summed E-state index contributed by atoms with van der Waals surface area (Å²) in [6.45, 7) is 2.02. The Balaban J connectivity index is 1.82. The van der Waals surface area contributed by atoms with Gasteiger partial charge in [0.15, 0.2) is 0 Å². The molecule has 94 valence electrons. The highest BCUT2D eigenvalue weighted by atomic mass is 15.1. The van der Waals surface area contributed by atoms with Crippen LogP contribution >= 0.6 is 0 Å². The maximum absolute atomic E-state index is 6.18. The molecule has 1 aromatic rings. The van der Waals surface area contributed by atoms with Gasteiger partial charge in [-0.2, -0.15) is 0 Å². The van der Waals surface area contributed by atoms with Crippen LogP contribution in [0.25, 0.3) is 0 Å². The molecule has 1 heterocycles. The predicted molar refractivity (Wildman–Crippen MR) is 70.5 cm³/mol. The molecule has 0 bridgehead atoms. The molecule has 2 rings (SSSR count). The SMILES string of the molecule is CN(Cc1ccccn1)CC1CCCCC1N. The summed E-state index contributed by atoms with van der Waals surface area (Å²) < 4.78 is 0. The maximum Gasteiger partial charge on any atom is 0.0543 e. The molecule has 1 fully saturated rings. The van der Waals surface area contributed by atoms with Gasteiger partial charge in [-0.25, -0.2) is 0 Å². The molecule has 0 amide bonds. The third-order valence-electron chi connectivity index (χ3n) is 3.67. The monoisotopic (exact) mass is 233 g/mol. The van der Waals surface area contributed by atoms with Crippen molar-refractivity contribution in [2.24, 2.45) is 11.7 Å². The van der Waals surface area contributed by atoms with E-state index in [1.165, 1.54) is 25.7 Å². The number of nitrogens with zero attached hydrogens (tertiary/aromatic N) is 2. The van der Waals surface area contributed by atoms with Crippen LogP contribution in [0.2, 0.25) is 0 Å². The van der Waals surface area contributed by atoms with Crippen LogP contribution in [-0.2, 0) is 6.54 Å². The summed E-state index contributed by atoms with van der Waals surface area (Å²) in [7, 11) is 2.16. The molecule has 0 aromatic carbocycles. The Morgan fingerprint density at radius 2 is 2.18 bits per heavy atom. The number of pyridine rings is 1. The van der Waals surface area contributed by atoms with E-state index in [1.54, 1.807) is 0 Å². The molecule has 3 heteroatoms. The molecule has 0 spiro atoms. The van der Waals surface area contributed by atoms with Crippen LogP contribution in [0.5, 0.6) is 0 Å². The normalized spacial score (nSPS) is 25.1. The van der Waals surface area contributed by atoms with Gasteiger partial charge in [-0.3, -0.25) is 4.98 Å². The first-order valence-electron chi connectivity index (χ1n) is 6.60. The Morgan fingerprint density at radius 3 is 2.88 bits per heavy atom. The van der Waals surface area contributed by atoms with Crippen LogP contribution < -0.4 is 5.73 Å². The molecule has 1 aromatic heterocycles. The highest BCUT2D eigenvalue weighted by Crippen LogP contribution is 2.23. The Morgan fingerprint density at radius 1 is 1.35 bits per heavy atom. The van der Waals surface area contributed by atoms with Crippen LogP contribution in [0, 0.1) is 5.92 Å². The van der Waals surface area contributed by atoms with Gasteiger partial charge in [0.05, 0.1) is 5.69 Å². The van der Waals surface area contributed by atoms with Crippen LogP contribution in [0.1, 0.15) is 31.4 Å².